The number of carbonyl (C=O) groups is 1. The Morgan fingerprint density at radius 1 is 1.60 bits per heavy atom. The molecule has 0 aliphatic rings. The van der Waals surface area contributed by atoms with Crippen molar-refractivity contribution < 1.29 is 14.4 Å². The van der Waals surface area contributed by atoms with Crippen molar-refractivity contribution in [3.05, 3.63) is 17.5 Å². The van der Waals surface area contributed by atoms with Gasteiger partial charge in [0.05, 0.1) is 7.11 Å². The molecule has 0 bridgehead atoms. The van der Waals surface area contributed by atoms with E-state index in [9.17, 15) is 4.79 Å². The van der Waals surface area contributed by atoms with E-state index in [1.807, 2.05) is 0 Å². The van der Waals surface area contributed by atoms with Crippen molar-refractivity contribution in [2.75, 3.05) is 7.11 Å². The lowest BCUT2D eigenvalue weighted by Crippen LogP contribution is -2.27. The SMILES string of the molecule is COC(=O)c1nn(C)cc1C(C)(C)ON. The topological polar surface area (TPSA) is 79.4 Å². The highest BCUT2D eigenvalue weighted by atomic mass is 16.6. The predicted octanol–water partition coefficient (Wildman–Crippen LogP) is 0.332. The average molecular weight is 213 g/mol. The minimum Gasteiger partial charge on any atom is -0.464 e. The molecule has 0 atom stereocenters. The van der Waals surface area contributed by atoms with Gasteiger partial charge in [-0.2, -0.15) is 5.10 Å². The van der Waals surface area contributed by atoms with Gasteiger partial charge in [0.2, 0.25) is 0 Å². The van der Waals surface area contributed by atoms with Crippen molar-refractivity contribution in [2.45, 2.75) is 19.4 Å². The summed E-state index contributed by atoms with van der Waals surface area (Å²) < 4.78 is 6.14. The Balaban J connectivity index is 3.23. The third-order valence-electron chi connectivity index (χ3n) is 2.15. The number of ether oxygens (including phenoxy) is 1. The number of rotatable bonds is 3. The van der Waals surface area contributed by atoms with Crippen LogP contribution in [0.15, 0.2) is 6.20 Å². The molecule has 84 valence electrons. The van der Waals surface area contributed by atoms with Crippen LogP contribution >= 0.6 is 0 Å². The summed E-state index contributed by atoms with van der Waals surface area (Å²) in [5, 5.41) is 4.00. The molecule has 0 spiro atoms. The second-order valence-corrected chi connectivity index (χ2v) is 3.68. The zero-order chi connectivity index (χ0) is 11.6. The molecule has 0 saturated heterocycles. The van der Waals surface area contributed by atoms with Crippen molar-refractivity contribution in [3.8, 4) is 0 Å². The van der Waals surface area contributed by atoms with E-state index in [4.69, 9.17) is 10.7 Å². The fourth-order valence-corrected chi connectivity index (χ4v) is 1.24. The lowest BCUT2D eigenvalue weighted by molar-refractivity contribution is -0.0246. The van der Waals surface area contributed by atoms with Gasteiger partial charge in [0.15, 0.2) is 5.69 Å². The van der Waals surface area contributed by atoms with Crippen LogP contribution in [0.25, 0.3) is 0 Å². The summed E-state index contributed by atoms with van der Waals surface area (Å²) in [6, 6.07) is 0. The maximum Gasteiger partial charge on any atom is 0.358 e. The molecule has 15 heavy (non-hydrogen) atoms. The second kappa shape index (κ2) is 4.00. The molecule has 1 aromatic rings. The summed E-state index contributed by atoms with van der Waals surface area (Å²) in [6.45, 7) is 3.49. The number of nitrogens with zero attached hydrogens (tertiary/aromatic N) is 2. The number of esters is 1. The van der Waals surface area contributed by atoms with Crippen LogP contribution in [0.2, 0.25) is 0 Å². The van der Waals surface area contributed by atoms with Gasteiger partial charge in [-0.25, -0.2) is 10.7 Å². The Kier molecular flexibility index (Phi) is 3.11. The highest BCUT2D eigenvalue weighted by Crippen LogP contribution is 2.25. The summed E-state index contributed by atoms with van der Waals surface area (Å²) in [5.41, 5.74) is 0.0347. The number of hydrogen-bond donors (Lipinski definition) is 1. The number of aryl methyl sites for hydroxylation is 1. The molecule has 0 aromatic carbocycles. The van der Waals surface area contributed by atoms with Gasteiger partial charge >= 0.3 is 5.97 Å². The average Bonchev–Trinajstić information content (AvgIpc) is 2.60. The van der Waals surface area contributed by atoms with Gasteiger partial charge in [-0.1, -0.05) is 0 Å². The summed E-state index contributed by atoms with van der Waals surface area (Å²) >= 11 is 0. The van der Waals surface area contributed by atoms with Gasteiger partial charge < -0.3 is 4.74 Å². The van der Waals surface area contributed by atoms with E-state index in [1.54, 1.807) is 27.1 Å². The highest BCUT2D eigenvalue weighted by Gasteiger charge is 2.30. The maximum atomic E-state index is 11.4. The maximum absolute atomic E-state index is 11.4. The first-order valence-electron chi connectivity index (χ1n) is 4.42. The van der Waals surface area contributed by atoms with E-state index in [2.05, 4.69) is 9.84 Å². The Morgan fingerprint density at radius 3 is 2.67 bits per heavy atom. The molecule has 1 heterocycles. The Bertz CT molecular complexity index is 371. The smallest absolute Gasteiger partial charge is 0.358 e. The third kappa shape index (κ3) is 2.16. The largest absolute Gasteiger partial charge is 0.464 e. The second-order valence-electron chi connectivity index (χ2n) is 3.68. The number of nitrogens with two attached hydrogens (primary N) is 1. The number of carbonyl (C=O) groups excluding carboxylic acids is 1. The van der Waals surface area contributed by atoms with E-state index in [0.29, 0.717) is 5.56 Å². The van der Waals surface area contributed by atoms with Crippen LogP contribution in [0.3, 0.4) is 0 Å². The lowest BCUT2D eigenvalue weighted by atomic mass is 9.99. The van der Waals surface area contributed by atoms with Gasteiger partial charge in [0.25, 0.3) is 0 Å². The molecule has 0 aliphatic heterocycles. The van der Waals surface area contributed by atoms with Gasteiger partial charge in [0.1, 0.15) is 5.60 Å². The molecule has 1 rings (SSSR count). The first kappa shape index (κ1) is 11.7. The van der Waals surface area contributed by atoms with Crippen LogP contribution in [0.1, 0.15) is 29.9 Å². The predicted molar refractivity (Wildman–Crippen MR) is 52.8 cm³/mol. The summed E-state index contributed by atoms with van der Waals surface area (Å²) in [7, 11) is 3.01. The number of hydrogen-bond acceptors (Lipinski definition) is 5. The third-order valence-corrected chi connectivity index (χ3v) is 2.15. The van der Waals surface area contributed by atoms with Gasteiger partial charge in [0, 0.05) is 18.8 Å². The molecule has 6 heteroatoms. The summed E-state index contributed by atoms with van der Waals surface area (Å²) in [5.74, 6) is 4.66. The van der Waals surface area contributed by atoms with Crippen LogP contribution in [-0.4, -0.2) is 22.9 Å². The first-order chi connectivity index (χ1) is 6.92. The van der Waals surface area contributed by atoms with Gasteiger partial charge in [-0.3, -0.25) is 9.52 Å². The van der Waals surface area contributed by atoms with Crippen molar-refractivity contribution in [3.63, 3.8) is 0 Å². The van der Waals surface area contributed by atoms with Crippen molar-refractivity contribution in [1.82, 2.24) is 9.78 Å². The lowest BCUT2D eigenvalue weighted by Gasteiger charge is -2.20. The number of aromatic nitrogens is 2. The van der Waals surface area contributed by atoms with Gasteiger partial charge in [-0.15, -0.1) is 0 Å². The minimum atomic E-state index is -0.780. The van der Waals surface area contributed by atoms with Crippen molar-refractivity contribution >= 4 is 5.97 Å². The molecular weight excluding hydrogens is 198 g/mol. The first-order valence-corrected chi connectivity index (χ1v) is 4.42. The molecule has 6 nitrogen and oxygen atoms in total. The molecule has 0 aliphatic carbocycles. The van der Waals surface area contributed by atoms with Crippen molar-refractivity contribution in [2.24, 2.45) is 12.9 Å². The zero-order valence-corrected chi connectivity index (χ0v) is 9.27. The number of methoxy groups -OCH3 is 1. The van der Waals surface area contributed by atoms with E-state index in [1.165, 1.54) is 11.8 Å². The molecule has 0 fully saturated rings. The van der Waals surface area contributed by atoms with Gasteiger partial charge in [-0.05, 0) is 13.8 Å². The minimum absolute atomic E-state index is 0.218. The molecular formula is C9H15N3O3. The summed E-state index contributed by atoms with van der Waals surface area (Å²) in [6.07, 6.45) is 1.68. The van der Waals surface area contributed by atoms with E-state index >= 15 is 0 Å². The van der Waals surface area contributed by atoms with Crippen LogP contribution in [-0.2, 0) is 22.2 Å². The highest BCUT2D eigenvalue weighted by molar-refractivity contribution is 5.89. The normalized spacial score (nSPS) is 11.5. The fourth-order valence-electron chi connectivity index (χ4n) is 1.24. The molecule has 0 saturated carbocycles. The van der Waals surface area contributed by atoms with Crippen LogP contribution in [0.4, 0.5) is 0 Å². The van der Waals surface area contributed by atoms with Crippen LogP contribution < -0.4 is 5.90 Å². The van der Waals surface area contributed by atoms with E-state index in [-0.39, 0.29) is 5.69 Å². The Morgan fingerprint density at radius 2 is 2.20 bits per heavy atom. The quantitative estimate of drug-likeness (QED) is 0.578. The van der Waals surface area contributed by atoms with Crippen LogP contribution in [0, 0.1) is 0 Å². The van der Waals surface area contributed by atoms with Crippen molar-refractivity contribution in [1.29, 1.82) is 0 Å². The molecule has 0 amide bonds. The molecule has 0 radical (unpaired) electrons. The fraction of sp³-hybridized carbons (Fsp3) is 0.556. The molecule has 0 unspecified atom stereocenters. The van der Waals surface area contributed by atoms with E-state index < -0.39 is 11.6 Å². The Hall–Kier alpha value is -1.40. The van der Waals surface area contributed by atoms with E-state index in [0.717, 1.165) is 0 Å². The molecule has 1 aromatic heterocycles. The standard InChI is InChI=1S/C9H15N3O3/c1-9(2,15-10)6-5-12(3)11-7(6)8(13)14-4/h5H,10H2,1-4H3. The monoisotopic (exact) mass is 213 g/mol. The summed E-state index contributed by atoms with van der Waals surface area (Å²) in [4.78, 5) is 16.2. The molecule has 2 N–H and O–H groups in total. The van der Waals surface area contributed by atoms with Crippen LogP contribution in [0.5, 0.6) is 0 Å². The zero-order valence-electron chi connectivity index (χ0n) is 9.27. The Labute approximate surface area is 87.9 Å².